The van der Waals surface area contributed by atoms with Crippen LogP contribution >= 0.6 is 15.6 Å². The molecule has 0 fully saturated rings. The van der Waals surface area contributed by atoms with E-state index in [2.05, 4.69) is 48.5 Å². The maximum absolute atomic E-state index is 13.1. The summed E-state index contributed by atoms with van der Waals surface area (Å²) >= 11 is 0. The lowest BCUT2D eigenvalue weighted by Crippen LogP contribution is -2.30. The SMILES string of the molecule is CCCCCCCCCCCCCCCCCCCCCCC(=O)O[C@H](COC(=O)CCCCCCCCCCCCCCCCCC(C)C)COP(=O)(O)OC[C@@H](O)COP(=O)(O)OC[C@@H](COC(=O)CCCCCCCCC(C)CC)OC(=O)CCCCCCCCCCCCCCCC(C)C. The third-order valence-corrected chi connectivity index (χ3v) is 22.1. The molecular formula is C85H166O17P2. The van der Waals surface area contributed by atoms with Gasteiger partial charge in [-0.1, -0.05) is 395 Å². The predicted octanol–water partition coefficient (Wildman–Crippen LogP) is 25.7. The summed E-state index contributed by atoms with van der Waals surface area (Å²) in [6.45, 7) is 12.0. The van der Waals surface area contributed by atoms with Crippen LogP contribution in [0.1, 0.15) is 447 Å². The van der Waals surface area contributed by atoms with Crippen LogP contribution in [0.3, 0.4) is 0 Å². The number of carbonyl (C=O) groups is 4. The predicted molar refractivity (Wildman–Crippen MR) is 428 cm³/mol. The third-order valence-electron chi connectivity index (χ3n) is 20.2. The maximum atomic E-state index is 13.1. The Morgan fingerprint density at radius 1 is 0.279 bits per heavy atom. The quantitative estimate of drug-likeness (QED) is 0.0222. The van der Waals surface area contributed by atoms with E-state index in [4.69, 9.17) is 37.0 Å². The van der Waals surface area contributed by atoms with Gasteiger partial charge in [-0.05, 0) is 43.4 Å². The molecule has 0 aliphatic heterocycles. The zero-order chi connectivity index (χ0) is 76.5. The summed E-state index contributed by atoms with van der Waals surface area (Å²) in [5.74, 6) is 0.216. The summed E-state index contributed by atoms with van der Waals surface area (Å²) in [5, 5.41) is 10.7. The van der Waals surface area contributed by atoms with Crippen LogP contribution in [0, 0.1) is 17.8 Å². The Labute approximate surface area is 638 Å². The molecule has 0 bridgehead atoms. The van der Waals surface area contributed by atoms with Gasteiger partial charge in [-0.3, -0.25) is 37.3 Å². The highest BCUT2D eigenvalue weighted by molar-refractivity contribution is 7.47. The Morgan fingerprint density at radius 3 is 0.731 bits per heavy atom. The molecule has 6 atom stereocenters. The molecule has 0 amide bonds. The Bertz CT molecular complexity index is 2010. The van der Waals surface area contributed by atoms with Crippen LogP contribution in [0.4, 0.5) is 0 Å². The van der Waals surface area contributed by atoms with E-state index in [9.17, 15) is 43.2 Å². The average Bonchev–Trinajstić information content (AvgIpc) is 0.903. The first-order chi connectivity index (χ1) is 50.3. The van der Waals surface area contributed by atoms with Crippen LogP contribution in [-0.2, 0) is 65.4 Å². The van der Waals surface area contributed by atoms with Crippen molar-refractivity contribution in [2.45, 2.75) is 465 Å². The molecule has 0 radical (unpaired) electrons. The lowest BCUT2D eigenvalue weighted by atomic mass is 10.00. The first kappa shape index (κ1) is 102. The molecule has 0 heterocycles. The van der Waals surface area contributed by atoms with E-state index in [1.54, 1.807) is 0 Å². The van der Waals surface area contributed by atoms with E-state index in [1.807, 2.05) is 0 Å². The molecule has 19 heteroatoms. The summed E-state index contributed by atoms with van der Waals surface area (Å²) < 4.78 is 68.9. The fraction of sp³-hybridized carbons (Fsp3) is 0.953. The van der Waals surface area contributed by atoms with Crippen LogP contribution in [0.2, 0.25) is 0 Å². The number of carbonyl (C=O) groups excluding carboxylic acids is 4. The molecule has 0 saturated heterocycles. The van der Waals surface area contributed by atoms with Crippen LogP contribution in [0.5, 0.6) is 0 Å². The molecule has 0 aromatic heterocycles. The summed E-state index contributed by atoms with van der Waals surface area (Å²) in [6, 6.07) is 0. The van der Waals surface area contributed by atoms with Gasteiger partial charge in [-0.15, -0.1) is 0 Å². The van der Waals surface area contributed by atoms with E-state index >= 15 is 0 Å². The molecule has 0 aliphatic carbocycles. The highest BCUT2D eigenvalue weighted by Crippen LogP contribution is 2.45. The second-order valence-electron chi connectivity index (χ2n) is 31.8. The first-order valence-electron chi connectivity index (χ1n) is 43.9. The number of phosphoric acid groups is 2. The van der Waals surface area contributed by atoms with Gasteiger partial charge >= 0.3 is 39.5 Å². The Kier molecular flexibility index (Phi) is 73.7. The van der Waals surface area contributed by atoms with Gasteiger partial charge in [0.1, 0.15) is 19.3 Å². The summed E-state index contributed by atoms with van der Waals surface area (Å²) in [6.07, 6.45) is 65.3. The normalized spacial score (nSPS) is 14.2. The van der Waals surface area contributed by atoms with E-state index in [-0.39, 0.29) is 25.7 Å². The van der Waals surface area contributed by atoms with Crippen LogP contribution in [0.15, 0.2) is 0 Å². The molecule has 618 valence electrons. The number of ether oxygens (including phenoxy) is 4. The van der Waals surface area contributed by atoms with Gasteiger partial charge in [0.25, 0.3) is 0 Å². The van der Waals surface area contributed by atoms with E-state index in [0.717, 1.165) is 114 Å². The minimum absolute atomic E-state index is 0.106. The number of hydrogen-bond acceptors (Lipinski definition) is 15. The molecule has 104 heavy (non-hydrogen) atoms. The van der Waals surface area contributed by atoms with Crippen molar-refractivity contribution in [3.05, 3.63) is 0 Å². The van der Waals surface area contributed by atoms with Crippen molar-refractivity contribution in [2.24, 2.45) is 17.8 Å². The van der Waals surface area contributed by atoms with Gasteiger partial charge in [0.2, 0.25) is 0 Å². The van der Waals surface area contributed by atoms with Crippen molar-refractivity contribution in [3.8, 4) is 0 Å². The molecule has 3 N–H and O–H groups in total. The van der Waals surface area contributed by atoms with E-state index < -0.39 is 97.5 Å². The number of phosphoric ester groups is 2. The Morgan fingerprint density at radius 2 is 0.490 bits per heavy atom. The summed E-state index contributed by atoms with van der Waals surface area (Å²) in [5.41, 5.74) is 0. The monoisotopic (exact) mass is 1520 g/mol. The fourth-order valence-electron chi connectivity index (χ4n) is 13.2. The average molecular weight is 1520 g/mol. The summed E-state index contributed by atoms with van der Waals surface area (Å²) in [4.78, 5) is 73.2. The minimum atomic E-state index is -4.97. The van der Waals surface area contributed by atoms with Crippen molar-refractivity contribution >= 4 is 39.5 Å². The second-order valence-corrected chi connectivity index (χ2v) is 34.7. The topological polar surface area (TPSA) is 237 Å². The first-order valence-corrected chi connectivity index (χ1v) is 46.9. The number of unbranched alkanes of at least 4 members (excludes halogenated alkanes) is 50. The smallest absolute Gasteiger partial charge is 0.462 e. The van der Waals surface area contributed by atoms with E-state index in [0.29, 0.717) is 25.7 Å². The van der Waals surface area contributed by atoms with Crippen molar-refractivity contribution in [2.75, 3.05) is 39.6 Å². The van der Waals surface area contributed by atoms with Gasteiger partial charge < -0.3 is 33.8 Å². The standard InChI is InChI=1S/C85H166O17P2/c1-8-10-11-12-13-14-15-16-17-18-19-20-21-24-30-35-40-45-54-61-68-84(89)101-80(72-95-82(87)66-59-52-44-39-34-29-25-22-23-27-32-37-42-49-56-63-76(3)4)74-99-103(91,92)97-70-79(86)71-98-104(93,94)100-75-81(73-96-83(88)67-60-53-48-47-51-58-65-78(7)9-2)102-85(90)69-62-55-46-41-36-31-26-28-33-38-43-50-57-64-77(5)6/h76-81,86H,8-75H2,1-7H3,(H,91,92)(H,93,94)/t78?,79-,80-,81-/m1/s1. The highest BCUT2D eigenvalue weighted by atomic mass is 31.2. The number of rotatable bonds is 83. The molecule has 0 saturated carbocycles. The molecule has 0 aromatic rings. The molecular weight excluding hydrogens is 1350 g/mol. The van der Waals surface area contributed by atoms with Crippen molar-refractivity contribution in [1.29, 1.82) is 0 Å². The van der Waals surface area contributed by atoms with Gasteiger partial charge in [0.15, 0.2) is 12.2 Å². The molecule has 0 rings (SSSR count). The van der Waals surface area contributed by atoms with Gasteiger partial charge in [0.05, 0.1) is 26.4 Å². The Balaban J connectivity index is 5.24. The molecule has 0 spiro atoms. The molecule has 0 aliphatic rings. The van der Waals surface area contributed by atoms with Crippen LogP contribution in [-0.4, -0.2) is 96.7 Å². The number of aliphatic hydroxyl groups is 1. The van der Waals surface area contributed by atoms with Crippen molar-refractivity contribution in [3.63, 3.8) is 0 Å². The van der Waals surface area contributed by atoms with Gasteiger partial charge in [0, 0.05) is 25.7 Å². The number of esters is 4. The van der Waals surface area contributed by atoms with Crippen molar-refractivity contribution in [1.82, 2.24) is 0 Å². The lowest BCUT2D eigenvalue weighted by Gasteiger charge is -2.21. The highest BCUT2D eigenvalue weighted by Gasteiger charge is 2.30. The van der Waals surface area contributed by atoms with Gasteiger partial charge in [-0.2, -0.15) is 0 Å². The van der Waals surface area contributed by atoms with Crippen LogP contribution < -0.4 is 0 Å². The zero-order valence-electron chi connectivity index (χ0n) is 68.5. The number of hydrogen-bond donors (Lipinski definition) is 3. The molecule has 17 nitrogen and oxygen atoms in total. The Hall–Kier alpha value is -1.94. The van der Waals surface area contributed by atoms with Gasteiger partial charge in [-0.25, -0.2) is 9.13 Å². The maximum Gasteiger partial charge on any atom is 0.472 e. The lowest BCUT2D eigenvalue weighted by molar-refractivity contribution is -0.161. The van der Waals surface area contributed by atoms with Crippen LogP contribution in [0.25, 0.3) is 0 Å². The molecule has 3 unspecified atom stereocenters. The summed E-state index contributed by atoms with van der Waals surface area (Å²) in [7, 11) is -9.93. The third kappa shape index (κ3) is 76.8. The minimum Gasteiger partial charge on any atom is -0.462 e. The largest absolute Gasteiger partial charge is 0.472 e. The second kappa shape index (κ2) is 75.1. The fourth-order valence-corrected chi connectivity index (χ4v) is 14.7. The molecule has 0 aromatic carbocycles. The number of aliphatic hydroxyl groups excluding tert-OH is 1. The van der Waals surface area contributed by atoms with E-state index in [1.165, 1.54) is 250 Å². The van der Waals surface area contributed by atoms with Crippen molar-refractivity contribution < 1.29 is 80.2 Å². The zero-order valence-corrected chi connectivity index (χ0v) is 70.3.